The fourth-order valence-corrected chi connectivity index (χ4v) is 1.34. The van der Waals surface area contributed by atoms with E-state index in [1.54, 1.807) is 0 Å². The molecule has 0 saturated carbocycles. The highest BCUT2D eigenvalue weighted by molar-refractivity contribution is 5.69. The van der Waals surface area contributed by atoms with E-state index in [2.05, 4.69) is 4.98 Å². The third-order valence-electron chi connectivity index (χ3n) is 1.97. The second-order valence-electron chi connectivity index (χ2n) is 3.13. The van der Waals surface area contributed by atoms with Crippen LogP contribution in [0.4, 0.5) is 8.78 Å². The number of aromatic nitrogens is 1. The van der Waals surface area contributed by atoms with E-state index in [0.29, 0.717) is 0 Å². The number of carboxylic acids is 1. The van der Waals surface area contributed by atoms with Crippen LogP contribution in [-0.2, 0) is 17.8 Å². The van der Waals surface area contributed by atoms with Gasteiger partial charge in [0, 0.05) is 24.0 Å². The molecule has 0 amide bonds. The van der Waals surface area contributed by atoms with Gasteiger partial charge in [0.1, 0.15) is 0 Å². The van der Waals surface area contributed by atoms with Crippen LogP contribution in [0.2, 0.25) is 0 Å². The third kappa shape index (κ3) is 2.63. The number of aromatic amines is 1. The molecule has 1 rings (SSSR count). The monoisotopic (exact) mass is 232 g/mol. The molecule has 0 aliphatic heterocycles. The highest BCUT2D eigenvalue weighted by atomic mass is 19.3. The number of H-pyrrole nitrogens is 1. The summed E-state index contributed by atoms with van der Waals surface area (Å²) in [5.74, 6) is -1.16. The molecular weight excluding hydrogens is 222 g/mol. The Morgan fingerprint density at radius 3 is 2.62 bits per heavy atom. The van der Waals surface area contributed by atoms with Crippen molar-refractivity contribution in [3.05, 3.63) is 33.2 Å². The Balaban J connectivity index is 3.26. The largest absolute Gasteiger partial charge is 0.481 e. The molecule has 0 fully saturated rings. The van der Waals surface area contributed by atoms with Crippen LogP contribution in [0, 0.1) is 0 Å². The van der Waals surface area contributed by atoms with Crippen molar-refractivity contribution in [3.63, 3.8) is 0 Å². The van der Waals surface area contributed by atoms with Crippen LogP contribution in [-0.4, -0.2) is 16.1 Å². The van der Waals surface area contributed by atoms with Crippen LogP contribution in [0.1, 0.15) is 23.4 Å². The number of hydrogen-bond acceptors (Lipinski definition) is 3. The third-order valence-corrected chi connectivity index (χ3v) is 1.97. The summed E-state index contributed by atoms with van der Waals surface area (Å²) in [7, 11) is 0. The number of nitrogens with two attached hydrogens (primary N) is 1. The van der Waals surface area contributed by atoms with Crippen LogP contribution in [0.15, 0.2) is 10.9 Å². The van der Waals surface area contributed by atoms with E-state index in [0.717, 1.165) is 6.07 Å². The Labute approximate surface area is 88.9 Å². The molecule has 0 radical (unpaired) electrons. The van der Waals surface area contributed by atoms with Gasteiger partial charge in [0.15, 0.2) is 5.43 Å². The first-order chi connectivity index (χ1) is 7.45. The van der Waals surface area contributed by atoms with Crippen molar-refractivity contribution in [2.24, 2.45) is 5.73 Å². The summed E-state index contributed by atoms with van der Waals surface area (Å²) in [6.07, 6.45) is -3.37. The summed E-state index contributed by atoms with van der Waals surface area (Å²) < 4.78 is 25.0. The minimum absolute atomic E-state index is 0.0577. The molecule has 16 heavy (non-hydrogen) atoms. The lowest BCUT2D eigenvalue weighted by atomic mass is 10.1. The minimum Gasteiger partial charge on any atom is -0.481 e. The number of carbonyl (C=O) groups is 1. The molecule has 0 spiro atoms. The van der Waals surface area contributed by atoms with Crippen molar-refractivity contribution >= 4 is 5.97 Å². The molecule has 4 N–H and O–H groups in total. The predicted molar refractivity (Wildman–Crippen MR) is 51.3 cm³/mol. The molecule has 0 aromatic carbocycles. The van der Waals surface area contributed by atoms with E-state index >= 15 is 0 Å². The summed E-state index contributed by atoms with van der Waals surface area (Å²) in [4.78, 5) is 24.1. The smallest absolute Gasteiger partial charge is 0.309 e. The summed E-state index contributed by atoms with van der Waals surface area (Å²) in [6, 6.07) is 0.856. The number of carboxylic acid groups (broad SMARTS) is 1. The van der Waals surface area contributed by atoms with Crippen molar-refractivity contribution in [2.75, 3.05) is 0 Å². The number of pyridine rings is 1. The standard InChI is InChI=1S/C9H10F2N2O3/c10-9(11)8-5(3-12)13-4(1-6(8)14)2-7(15)16/h1,9H,2-3,12H2,(H,13,14)(H,15,16). The maximum atomic E-state index is 12.5. The lowest BCUT2D eigenvalue weighted by molar-refractivity contribution is -0.136. The molecule has 0 aliphatic carbocycles. The van der Waals surface area contributed by atoms with Crippen molar-refractivity contribution in [3.8, 4) is 0 Å². The lowest BCUT2D eigenvalue weighted by Crippen LogP contribution is -2.19. The van der Waals surface area contributed by atoms with Crippen LogP contribution in [0.25, 0.3) is 0 Å². The molecule has 0 aliphatic rings. The number of aliphatic carboxylic acids is 1. The van der Waals surface area contributed by atoms with E-state index < -0.39 is 29.8 Å². The number of halogens is 2. The Morgan fingerprint density at radius 1 is 1.56 bits per heavy atom. The molecule has 0 atom stereocenters. The zero-order chi connectivity index (χ0) is 12.3. The highest BCUT2D eigenvalue weighted by Crippen LogP contribution is 2.18. The molecule has 0 saturated heterocycles. The van der Waals surface area contributed by atoms with Crippen molar-refractivity contribution in [2.45, 2.75) is 19.4 Å². The van der Waals surface area contributed by atoms with Gasteiger partial charge in [0.05, 0.1) is 12.0 Å². The molecular formula is C9H10F2N2O3. The highest BCUT2D eigenvalue weighted by Gasteiger charge is 2.18. The van der Waals surface area contributed by atoms with E-state index in [1.165, 1.54) is 0 Å². The normalized spacial score (nSPS) is 10.8. The van der Waals surface area contributed by atoms with Gasteiger partial charge in [-0.2, -0.15) is 0 Å². The fourth-order valence-electron chi connectivity index (χ4n) is 1.34. The molecule has 1 aromatic heterocycles. The zero-order valence-electron chi connectivity index (χ0n) is 8.17. The van der Waals surface area contributed by atoms with Gasteiger partial charge >= 0.3 is 5.97 Å². The Bertz CT molecular complexity index is 457. The first-order valence-electron chi connectivity index (χ1n) is 4.40. The van der Waals surface area contributed by atoms with Gasteiger partial charge in [-0.05, 0) is 0 Å². The Morgan fingerprint density at radius 2 is 2.19 bits per heavy atom. The van der Waals surface area contributed by atoms with E-state index in [-0.39, 0.29) is 17.9 Å². The Hall–Kier alpha value is -1.76. The van der Waals surface area contributed by atoms with Gasteiger partial charge < -0.3 is 15.8 Å². The number of nitrogens with one attached hydrogen (secondary N) is 1. The van der Waals surface area contributed by atoms with Gasteiger partial charge in [-0.25, -0.2) is 8.78 Å². The summed E-state index contributed by atoms with van der Waals surface area (Å²) in [5, 5.41) is 8.50. The molecule has 0 unspecified atom stereocenters. The molecule has 1 aromatic rings. The SMILES string of the molecule is NCc1[nH]c(CC(=O)O)cc(=O)c1C(F)F. The molecule has 0 bridgehead atoms. The summed E-state index contributed by atoms with van der Waals surface area (Å²) in [5.41, 5.74) is 3.54. The van der Waals surface area contributed by atoms with Crippen molar-refractivity contribution < 1.29 is 18.7 Å². The van der Waals surface area contributed by atoms with Gasteiger partial charge in [-0.3, -0.25) is 9.59 Å². The fraction of sp³-hybridized carbons (Fsp3) is 0.333. The van der Waals surface area contributed by atoms with Gasteiger partial charge in [0.2, 0.25) is 0 Å². The zero-order valence-corrected chi connectivity index (χ0v) is 8.17. The number of rotatable bonds is 4. The molecule has 5 nitrogen and oxygen atoms in total. The maximum Gasteiger partial charge on any atom is 0.309 e. The molecule has 7 heteroatoms. The quantitative estimate of drug-likeness (QED) is 0.700. The topological polar surface area (TPSA) is 96.2 Å². The number of hydrogen-bond donors (Lipinski definition) is 3. The van der Waals surface area contributed by atoms with Crippen LogP contribution in [0.3, 0.4) is 0 Å². The van der Waals surface area contributed by atoms with E-state index in [9.17, 15) is 18.4 Å². The molecule has 88 valence electrons. The van der Waals surface area contributed by atoms with Gasteiger partial charge in [-0.1, -0.05) is 0 Å². The second kappa shape index (κ2) is 4.84. The van der Waals surface area contributed by atoms with Crippen molar-refractivity contribution in [1.29, 1.82) is 0 Å². The van der Waals surface area contributed by atoms with Gasteiger partial charge in [-0.15, -0.1) is 0 Å². The number of alkyl halides is 2. The summed E-state index contributed by atoms with van der Waals surface area (Å²) >= 11 is 0. The van der Waals surface area contributed by atoms with E-state index in [1.807, 2.05) is 0 Å². The maximum absolute atomic E-state index is 12.5. The Kier molecular flexibility index (Phi) is 3.73. The molecule has 1 heterocycles. The van der Waals surface area contributed by atoms with Gasteiger partial charge in [0.25, 0.3) is 6.43 Å². The second-order valence-corrected chi connectivity index (χ2v) is 3.13. The first kappa shape index (κ1) is 12.3. The van der Waals surface area contributed by atoms with Crippen LogP contribution in [0.5, 0.6) is 0 Å². The average Bonchev–Trinajstić information content (AvgIpc) is 2.14. The van der Waals surface area contributed by atoms with Crippen molar-refractivity contribution in [1.82, 2.24) is 4.98 Å². The predicted octanol–water partition coefficient (Wildman–Crippen LogP) is 0.398. The average molecular weight is 232 g/mol. The minimum atomic E-state index is -2.93. The lowest BCUT2D eigenvalue weighted by Gasteiger charge is -2.08. The van der Waals surface area contributed by atoms with E-state index in [4.69, 9.17) is 10.8 Å². The summed E-state index contributed by atoms with van der Waals surface area (Å²) in [6.45, 7) is -0.275. The first-order valence-corrected chi connectivity index (χ1v) is 4.40. The van der Waals surface area contributed by atoms with Crippen LogP contribution < -0.4 is 11.2 Å². The van der Waals surface area contributed by atoms with Crippen LogP contribution >= 0.6 is 0 Å².